The van der Waals surface area contributed by atoms with Crippen LogP contribution in [0.5, 0.6) is 0 Å². The van der Waals surface area contributed by atoms with Crippen LogP contribution in [0, 0.1) is 13.8 Å². The topological polar surface area (TPSA) is 84.0 Å². The average molecular weight is 374 g/mol. The lowest BCUT2D eigenvalue weighted by molar-refractivity contribution is 0.0944. The van der Waals surface area contributed by atoms with E-state index in [4.69, 9.17) is 0 Å². The highest BCUT2D eigenvalue weighted by Crippen LogP contribution is 2.17. The van der Waals surface area contributed by atoms with Crippen LogP contribution in [0.1, 0.15) is 44.7 Å². The number of anilines is 2. The number of benzene rings is 2. The van der Waals surface area contributed by atoms with Crippen molar-refractivity contribution in [2.45, 2.75) is 27.3 Å². The largest absolute Gasteiger partial charge is 0.347 e. The highest BCUT2D eigenvalue weighted by atomic mass is 16.1. The molecule has 0 spiro atoms. The Morgan fingerprint density at radius 1 is 0.964 bits per heavy atom. The van der Waals surface area contributed by atoms with E-state index in [1.165, 1.54) is 6.92 Å². The fourth-order valence-corrected chi connectivity index (χ4v) is 2.81. The molecule has 0 radical (unpaired) electrons. The molecule has 3 rings (SSSR count). The molecule has 0 saturated carbocycles. The van der Waals surface area contributed by atoms with Gasteiger partial charge in [-0.2, -0.15) is 0 Å². The zero-order valence-corrected chi connectivity index (χ0v) is 16.1. The van der Waals surface area contributed by atoms with E-state index >= 15 is 0 Å². The molecule has 1 amide bonds. The molecule has 1 heterocycles. The first kappa shape index (κ1) is 19.2. The second kappa shape index (κ2) is 8.43. The number of amides is 1. The van der Waals surface area contributed by atoms with Crippen LogP contribution in [0.15, 0.2) is 54.6 Å². The molecule has 2 aromatic carbocycles. The summed E-state index contributed by atoms with van der Waals surface area (Å²) in [5.74, 6) is 0.689. The second-order valence-corrected chi connectivity index (χ2v) is 6.62. The molecule has 0 aliphatic carbocycles. The number of aryl methyl sites for hydroxylation is 2. The molecule has 0 fully saturated rings. The number of hydrogen-bond donors (Lipinski definition) is 2. The summed E-state index contributed by atoms with van der Waals surface area (Å²) in [5.41, 5.74) is 3.77. The first-order valence-electron chi connectivity index (χ1n) is 8.98. The molecule has 28 heavy (non-hydrogen) atoms. The molecule has 0 aliphatic rings. The van der Waals surface area contributed by atoms with Gasteiger partial charge in [0.2, 0.25) is 0 Å². The lowest BCUT2D eigenvalue weighted by atomic mass is 10.1. The van der Waals surface area contributed by atoms with Gasteiger partial charge in [-0.3, -0.25) is 9.59 Å². The Morgan fingerprint density at radius 3 is 2.50 bits per heavy atom. The third-order valence-corrected chi connectivity index (χ3v) is 4.15. The van der Waals surface area contributed by atoms with E-state index in [1.54, 1.807) is 31.2 Å². The molecular weight excluding hydrogens is 352 g/mol. The maximum absolute atomic E-state index is 12.5. The van der Waals surface area contributed by atoms with E-state index in [9.17, 15) is 9.59 Å². The number of carbonyl (C=O) groups excluding carboxylic acids is 2. The standard InChI is InChI=1S/C22H22N4O2/c1-14-6-4-7-17(10-14)13-23-22(28)20-12-21(25-16(3)24-20)26-19-9-5-8-18(11-19)15(2)27/h4-12H,13H2,1-3H3,(H,23,28)(H,24,25,26). The fraction of sp³-hybridized carbons (Fsp3) is 0.182. The van der Waals surface area contributed by atoms with Crippen molar-refractivity contribution in [3.63, 3.8) is 0 Å². The lowest BCUT2D eigenvalue weighted by Gasteiger charge is -2.10. The minimum Gasteiger partial charge on any atom is -0.347 e. The van der Waals surface area contributed by atoms with Gasteiger partial charge in [0.05, 0.1) is 0 Å². The number of Topliss-reactive ketones (excluding diaryl/α,β-unsaturated/α-hetero) is 1. The summed E-state index contributed by atoms with van der Waals surface area (Å²) < 4.78 is 0. The molecule has 142 valence electrons. The normalized spacial score (nSPS) is 10.4. The first-order valence-corrected chi connectivity index (χ1v) is 8.98. The number of aromatic nitrogens is 2. The van der Waals surface area contributed by atoms with E-state index in [0.717, 1.165) is 16.8 Å². The number of nitrogens with zero attached hydrogens (tertiary/aromatic N) is 2. The summed E-state index contributed by atoms with van der Waals surface area (Å²) in [5, 5.41) is 6.02. The van der Waals surface area contributed by atoms with Gasteiger partial charge in [-0.05, 0) is 38.5 Å². The highest BCUT2D eigenvalue weighted by molar-refractivity contribution is 5.95. The van der Waals surface area contributed by atoms with E-state index in [-0.39, 0.29) is 17.4 Å². The smallest absolute Gasteiger partial charge is 0.270 e. The van der Waals surface area contributed by atoms with Gasteiger partial charge in [0, 0.05) is 23.9 Å². The molecule has 0 bridgehead atoms. The van der Waals surface area contributed by atoms with Gasteiger partial charge in [0.25, 0.3) is 5.91 Å². The van der Waals surface area contributed by atoms with Crippen molar-refractivity contribution in [2.75, 3.05) is 5.32 Å². The minimum absolute atomic E-state index is 0.0151. The summed E-state index contributed by atoms with van der Waals surface area (Å²) in [6.45, 7) is 5.68. The molecule has 0 atom stereocenters. The Bertz CT molecular complexity index is 1030. The maximum Gasteiger partial charge on any atom is 0.270 e. The van der Waals surface area contributed by atoms with Gasteiger partial charge in [-0.15, -0.1) is 0 Å². The third-order valence-electron chi connectivity index (χ3n) is 4.15. The van der Waals surface area contributed by atoms with E-state index < -0.39 is 0 Å². The van der Waals surface area contributed by atoms with Crippen molar-refractivity contribution in [3.8, 4) is 0 Å². The zero-order chi connectivity index (χ0) is 20.1. The second-order valence-electron chi connectivity index (χ2n) is 6.62. The van der Waals surface area contributed by atoms with Crippen molar-refractivity contribution >= 4 is 23.2 Å². The first-order chi connectivity index (χ1) is 13.4. The fourth-order valence-electron chi connectivity index (χ4n) is 2.81. The van der Waals surface area contributed by atoms with E-state index in [1.807, 2.05) is 37.3 Å². The van der Waals surface area contributed by atoms with Gasteiger partial charge >= 0.3 is 0 Å². The van der Waals surface area contributed by atoms with Crippen molar-refractivity contribution in [2.24, 2.45) is 0 Å². The summed E-state index contributed by atoms with van der Waals surface area (Å²) in [6, 6.07) is 16.7. The van der Waals surface area contributed by atoms with Crippen LogP contribution in [0.4, 0.5) is 11.5 Å². The molecule has 0 unspecified atom stereocenters. The average Bonchev–Trinajstić information content (AvgIpc) is 2.66. The zero-order valence-electron chi connectivity index (χ0n) is 16.1. The Kier molecular flexibility index (Phi) is 5.79. The molecule has 2 N–H and O–H groups in total. The van der Waals surface area contributed by atoms with Gasteiger partial charge in [0.15, 0.2) is 5.78 Å². The van der Waals surface area contributed by atoms with Gasteiger partial charge < -0.3 is 10.6 Å². The monoisotopic (exact) mass is 374 g/mol. The Morgan fingerprint density at radius 2 is 1.75 bits per heavy atom. The van der Waals surface area contributed by atoms with Crippen LogP contribution >= 0.6 is 0 Å². The number of ketones is 1. The molecule has 6 heteroatoms. The van der Waals surface area contributed by atoms with Crippen LogP contribution in [0.25, 0.3) is 0 Å². The highest BCUT2D eigenvalue weighted by Gasteiger charge is 2.11. The SMILES string of the molecule is CC(=O)c1cccc(Nc2cc(C(=O)NCc3cccc(C)c3)nc(C)n2)c1. The predicted molar refractivity (Wildman–Crippen MR) is 109 cm³/mol. The van der Waals surface area contributed by atoms with Crippen LogP contribution < -0.4 is 10.6 Å². The number of hydrogen-bond acceptors (Lipinski definition) is 5. The molecule has 0 saturated heterocycles. The van der Waals surface area contributed by atoms with Crippen LogP contribution in [0.3, 0.4) is 0 Å². The van der Waals surface area contributed by atoms with E-state index in [2.05, 4.69) is 20.6 Å². The number of nitrogens with one attached hydrogen (secondary N) is 2. The van der Waals surface area contributed by atoms with E-state index in [0.29, 0.717) is 23.8 Å². The molecule has 3 aromatic rings. The van der Waals surface area contributed by atoms with Crippen LogP contribution in [0.2, 0.25) is 0 Å². The van der Waals surface area contributed by atoms with Gasteiger partial charge in [-0.1, -0.05) is 42.0 Å². The predicted octanol–water partition coefficient (Wildman–Crippen LogP) is 3.97. The van der Waals surface area contributed by atoms with Crippen molar-refractivity contribution < 1.29 is 9.59 Å². The Balaban J connectivity index is 1.74. The minimum atomic E-state index is -0.271. The van der Waals surface area contributed by atoms with Crippen molar-refractivity contribution in [1.29, 1.82) is 0 Å². The maximum atomic E-state index is 12.5. The van der Waals surface area contributed by atoms with Crippen molar-refractivity contribution in [1.82, 2.24) is 15.3 Å². The molecule has 0 aliphatic heterocycles. The lowest BCUT2D eigenvalue weighted by Crippen LogP contribution is -2.24. The van der Waals surface area contributed by atoms with Gasteiger partial charge in [0.1, 0.15) is 17.3 Å². The summed E-state index contributed by atoms with van der Waals surface area (Å²) in [6.07, 6.45) is 0. The quantitative estimate of drug-likeness (QED) is 0.638. The van der Waals surface area contributed by atoms with Gasteiger partial charge in [-0.25, -0.2) is 9.97 Å². The van der Waals surface area contributed by atoms with Crippen molar-refractivity contribution in [3.05, 3.63) is 82.8 Å². The Labute approximate surface area is 164 Å². The molecular formula is C22H22N4O2. The summed E-state index contributed by atoms with van der Waals surface area (Å²) in [7, 11) is 0. The number of rotatable bonds is 6. The Hall–Kier alpha value is -3.54. The summed E-state index contributed by atoms with van der Waals surface area (Å²) in [4.78, 5) is 32.6. The summed E-state index contributed by atoms with van der Waals surface area (Å²) >= 11 is 0. The molecule has 1 aromatic heterocycles. The number of carbonyl (C=O) groups is 2. The van der Waals surface area contributed by atoms with Crippen LogP contribution in [-0.4, -0.2) is 21.7 Å². The van der Waals surface area contributed by atoms with Crippen LogP contribution in [-0.2, 0) is 6.54 Å². The third kappa shape index (κ3) is 5.01. The molecule has 6 nitrogen and oxygen atoms in total.